The van der Waals surface area contributed by atoms with Gasteiger partial charge < -0.3 is 4.74 Å². The van der Waals surface area contributed by atoms with E-state index in [1.165, 1.54) is 19.2 Å². The van der Waals surface area contributed by atoms with Crippen LogP contribution in [0.1, 0.15) is 5.56 Å². The van der Waals surface area contributed by atoms with E-state index >= 15 is 0 Å². The largest absolute Gasteiger partial charge is 0.469 e. The summed E-state index contributed by atoms with van der Waals surface area (Å²) >= 11 is 0. The van der Waals surface area contributed by atoms with Gasteiger partial charge in [0.05, 0.1) is 13.0 Å². The van der Waals surface area contributed by atoms with Gasteiger partial charge in [-0.15, -0.1) is 0 Å². The van der Waals surface area contributed by atoms with Crippen LogP contribution in [0.25, 0.3) is 0 Å². The molecule has 1 aromatic rings. The minimum atomic E-state index is -0.220. The summed E-state index contributed by atoms with van der Waals surface area (Å²) in [5, 5.41) is 0. The van der Waals surface area contributed by atoms with Crippen molar-refractivity contribution in [1.29, 1.82) is 0 Å². The molecule has 1 aliphatic rings. The first kappa shape index (κ1) is 11.1. The van der Waals surface area contributed by atoms with E-state index in [1.54, 1.807) is 6.07 Å². The van der Waals surface area contributed by atoms with Gasteiger partial charge in [0.15, 0.2) is 0 Å². The van der Waals surface area contributed by atoms with Crippen molar-refractivity contribution in [2.24, 2.45) is 5.92 Å². The number of carbonyl (C=O) groups is 1. The average molecular weight is 223 g/mol. The number of likely N-dealkylation sites (tertiary alicyclic amines) is 1. The highest BCUT2D eigenvalue weighted by molar-refractivity contribution is 5.73. The lowest BCUT2D eigenvalue weighted by molar-refractivity contribution is -0.151. The standard InChI is InChI=1S/C12H14FNO2/c1-16-12(15)10-7-14(8-10)6-9-3-2-4-11(13)5-9/h2-5,10H,6-8H2,1H3. The lowest BCUT2D eigenvalue weighted by atomic mass is 9.99. The number of hydrogen-bond donors (Lipinski definition) is 0. The zero-order valence-electron chi connectivity index (χ0n) is 9.15. The molecule has 86 valence electrons. The fraction of sp³-hybridized carbons (Fsp3) is 0.417. The van der Waals surface area contributed by atoms with E-state index in [1.807, 2.05) is 6.07 Å². The van der Waals surface area contributed by atoms with Crippen LogP contribution in [0.3, 0.4) is 0 Å². The minimum absolute atomic E-state index is 0.0152. The van der Waals surface area contributed by atoms with Crippen LogP contribution in [0.2, 0.25) is 0 Å². The van der Waals surface area contributed by atoms with Crippen LogP contribution in [0.4, 0.5) is 4.39 Å². The number of esters is 1. The second-order valence-corrected chi connectivity index (χ2v) is 4.04. The summed E-state index contributed by atoms with van der Waals surface area (Å²) in [7, 11) is 1.40. The number of methoxy groups -OCH3 is 1. The van der Waals surface area contributed by atoms with Crippen LogP contribution in [0.15, 0.2) is 24.3 Å². The Balaban J connectivity index is 1.84. The van der Waals surface area contributed by atoms with Crippen molar-refractivity contribution in [3.8, 4) is 0 Å². The fourth-order valence-electron chi connectivity index (χ4n) is 1.91. The van der Waals surface area contributed by atoms with Gasteiger partial charge in [0, 0.05) is 19.6 Å². The van der Waals surface area contributed by atoms with E-state index in [9.17, 15) is 9.18 Å². The van der Waals surface area contributed by atoms with Crippen LogP contribution < -0.4 is 0 Å². The van der Waals surface area contributed by atoms with Gasteiger partial charge in [-0.1, -0.05) is 12.1 Å². The lowest BCUT2D eigenvalue weighted by Crippen LogP contribution is -2.49. The second-order valence-electron chi connectivity index (χ2n) is 4.04. The molecule has 1 saturated heterocycles. The van der Waals surface area contributed by atoms with Crippen LogP contribution in [0, 0.1) is 11.7 Å². The molecular formula is C12H14FNO2. The number of benzene rings is 1. The molecule has 0 unspecified atom stereocenters. The van der Waals surface area contributed by atoms with Crippen molar-refractivity contribution in [3.05, 3.63) is 35.6 Å². The smallest absolute Gasteiger partial charge is 0.311 e. The predicted molar refractivity (Wildman–Crippen MR) is 57.2 cm³/mol. The second kappa shape index (κ2) is 4.61. The molecule has 0 radical (unpaired) electrons. The maximum atomic E-state index is 12.9. The van der Waals surface area contributed by atoms with Gasteiger partial charge >= 0.3 is 5.97 Å². The highest BCUT2D eigenvalue weighted by Crippen LogP contribution is 2.19. The lowest BCUT2D eigenvalue weighted by Gasteiger charge is -2.37. The topological polar surface area (TPSA) is 29.5 Å². The van der Waals surface area contributed by atoms with E-state index in [0.717, 1.165) is 5.56 Å². The van der Waals surface area contributed by atoms with Gasteiger partial charge in [-0.3, -0.25) is 9.69 Å². The van der Waals surface area contributed by atoms with E-state index < -0.39 is 0 Å². The third kappa shape index (κ3) is 2.39. The number of nitrogens with zero attached hydrogens (tertiary/aromatic N) is 1. The van der Waals surface area contributed by atoms with Gasteiger partial charge in [0.2, 0.25) is 0 Å². The van der Waals surface area contributed by atoms with E-state index in [4.69, 9.17) is 0 Å². The molecule has 2 rings (SSSR count). The SMILES string of the molecule is COC(=O)C1CN(Cc2cccc(F)c2)C1. The molecule has 0 bridgehead atoms. The zero-order valence-corrected chi connectivity index (χ0v) is 9.15. The Labute approximate surface area is 93.8 Å². The van der Waals surface area contributed by atoms with Crippen LogP contribution in [-0.2, 0) is 16.1 Å². The number of hydrogen-bond acceptors (Lipinski definition) is 3. The van der Waals surface area contributed by atoms with Crippen LogP contribution >= 0.6 is 0 Å². The van der Waals surface area contributed by atoms with E-state index in [2.05, 4.69) is 9.64 Å². The third-order valence-electron chi connectivity index (χ3n) is 2.79. The Morgan fingerprint density at radius 2 is 2.31 bits per heavy atom. The summed E-state index contributed by atoms with van der Waals surface area (Å²) in [4.78, 5) is 13.2. The molecule has 1 fully saturated rings. The first-order valence-electron chi connectivity index (χ1n) is 5.23. The molecule has 0 N–H and O–H groups in total. The van der Waals surface area contributed by atoms with Gasteiger partial charge in [-0.2, -0.15) is 0 Å². The van der Waals surface area contributed by atoms with Crippen LogP contribution in [-0.4, -0.2) is 31.1 Å². The first-order chi connectivity index (χ1) is 7.69. The molecule has 0 aromatic heterocycles. The zero-order chi connectivity index (χ0) is 11.5. The maximum Gasteiger partial charge on any atom is 0.311 e. The molecule has 0 spiro atoms. The number of ether oxygens (including phenoxy) is 1. The molecule has 0 atom stereocenters. The minimum Gasteiger partial charge on any atom is -0.469 e. The Kier molecular flexibility index (Phi) is 3.19. The highest BCUT2D eigenvalue weighted by atomic mass is 19.1. The van der Waals surface area contributed by atoms with Gasteiger partial charge in [-0.25, -0.2) is 4.39 Å². The molecule has 1 heterocycles. The van der Waals surface area contributed by atoms with Crippen LogP contribution in [0.5, 0.6) is 0 Å². The molecule has 16 heavy (non-hydrogen) atoms. The van der Waals surface area contributed by atoms with Crippen molar-refractivity contribution in [3.63, 3.8) is 0 Å². The Morgan fingerprint density at radius 1 is 1.56 bits per heavy atom. The maximum absolute atomic E-state index is 12.9. The number of halogens is 1. The van der Waals surface area contributed by atoms with Crippen molar-refractivity contribution in [1.82, 2.24) is 4.90 Å². The summed E-state index contributed by atoms with van der Waals surface area (Å²) in [5.74, 6) is -0.392. The molecule has 0 aliphatic carbocycles. The van der Waals surface area contributed by atoms with E-state index in [-0.39, 0.29) is 17.7 Å². The number of carbonyl (C=O) groups excluding carboxylic acids is 1. The highest BCUT2D eigenvalue weighted by Gasteiger charge is 2.33. The normalized spacial score (nSPS) is 16.9. The van der Waals surface area contributed by atoms with Gasteiger partial charge in [0.1, 0.15) is 5.82 Å². The molecule has 0 saturated carbocycles. The Morgan fingerprint density at radius 3 is 2.94 bits per heavy atom. The molecule has 1 aliphatic heterocycles. The average Bonchev–Trinajstić information content (AvgIpc) is 2.22. The first-order valence-corrected chi connectivity index (χ1v) is 5.23. The van der Waals surface area contributed by atoms with Crippen molar-refractivity contribution >= 4 is 5.97 Å². The van der Waals surface area contributed by atoms with E-state index in [0.29, 0.717) is 19.6 Å². The molecular weight excluding hydrogens is 209 g/mol. The van der Waals surface area contributed by atoms with Gasteiger partial charge in [0.25, 0.3) is 0 Å². The molecule has 1 aromatic carbocycles. The monoisotopic (exact) mass is 223 g/mol. The predicted octanol–water partition coefficient (Wildman–Crippen LogP) is 1.43. The quantitative estimate of drug-likeness (QED) is 0.726. The summed E-state index contributed by atoms with van der Waals surface area (Å²) in [6, 6.07) is 6.53. The van der Waals surface area contributed by atoms with Crippen molar-refractivity contribution in [2.45, 2.75) is 6.54 Å². The Hall–Kier alpha value is -1.42. The molecule has 4 heteroatoms. The summed E-state index contributed by atoms with van der Waals surface area (Å²) in [6.45, 7) is 2.08. The fourth-order valence-corrected chi connectivity index (χ4v) is 1.91. The summed E-state index contributed by atoms with van der Waals surface area (Å²) < 4.78 is 17.6. The summed E-state index contributed by atoms with van der Waals surface area (Å²) in [5.41, 5.74) is 0.934. The number of rotatable bonds is 3. The third-order valence-corrected chi connectivity index (χ3v) is 2.79. The van der Waals surface area contributed by atoms with Gasteiger partial charge in [-0.05, 0) is 17.7 Å². The summed E-state index contributed by atoms with van der Waals surface area (Å²) in [6.07, 6.45) is 0. The Bertz CT molecular complexity index is 388. The molecule has 0 amide bonds. The van der Waals surface area contributed by atoms with Crippen molar-refractivity contribution in [2.75, 3.05) is 20.2 Å². The van der Waals surface area contributed by atoms with Crippen molar-refractivity contribution < 1.29 is 13.9 Å². The molecule has 3 nitrogen and oxygen atoms in total.